The van der Waals surface area contributed by atoms with Crippen LogP contribution in [-0.4, -0.2) is 9.97 Å². The first-order valence-electron chi connectivity index (χ1n) is 5.70. The van der Waals surface area contributed by atoms with E-state index in [4.69, 9.17) is 23.2 Å². The maximum absolute atomic E-state index is 13.7. The van der Waals surface area contributed by atoms with E-state index in [1.165, 1.54) is 6.07 Å². The summed E-state index contributed by atoms with van der Waals surface area (Å²) >= 11 is 11.6. The quantitative estimate of drug-likeness (QED) is 0.735. The van der Waals surface area contributed by atoms with Gasteiger partial charge in [0.1, 0.15) is 11.6 Å². The van der Waals surface area contributed by atoms with Crippen molar-refractivity contribution in [1.82, 2.24) is 9.97 Å². The Morgan fingerprint density at radius 1 is 1.05 bits per heavy atom. The van der Waals surface area contributed by atoms with Crippen LogP contribution in [0, 0.1) is 5.82 Å². The van der Waals surface area contributed by atoms with Crippen LogP contribution in [-0.2, 0) is 6.42 Å². The number of nitrogens with one attached hydrogen (secondary N) is 1. The lowest BCUT2D eigenvalue weighted by atomic mass is 10.1. The number of aromatic nitrogens is 2. The smallest absolute Gasteiger partial charge is 0.128 e. The third-order valence-electron chi connectivity index (χ3n) is 2.87. The summed E-state index contributed by atoms with van der Waals surface area (Å²) in [6.45, 7) is 0. The largest absolute Gasteiger partial charge is 0.342 e. The van der Waals surface area contributed by atoms with Crippen molar-refractivity contribution in [1.29, 1.82) is 0 Å². The Morgan fingerprint density at radius 3 is 2.58 bits per heavy atom. The summed E-state index contributed by atoms with van der Waals surface area (Å²) < 4.78 is 13.7. The van der Waals surface area contributed by atoms with E-state index in [-0.39, 0.29) is 5.82 Å². The van der Waals surface area contributed by atoms with Crippen LogP contribution in [0.3, 0.4) is 0 Å². The Hall–Kier alpha value is -1.58. The minimum Gasteiger partial charge on any atom is -0.342 e. The van der Waals surface area contributed by atoms with Crippen molar-refractivity contribution in [3.05, 3.63) is 63.6 Å². The van der Waals surface area contributed by atoms with Gasteiger partial charge >= 0.3 is 0 Å². The van der Waals surface area contributed by atoms with E-state index < -0.39 is 0 Å². The van der Waals surface area contributed by atoms with Gasteiger partial charge in [0.25, 0.3) is 0 Å². The highest BCUT2D eigenvalue weighted by Crippen LogP contribution is 2.20. The predicted molar refractivity (Wildman–Crippen MR) is 75.3 cm³/mol. The number of benzene rings is 2. The summed E-state index contributed by atoms with van der Waals surface area (Å²) in [6.07, 6.45) is 0.384. The molecule has 0 unspecified atom stereocenters. The monoisotopic (exact) mass is 294 g/mol. The number of hydrogen-bond donors (Lipinski definition) is 1. The first kappa shape index (κ1) is 12.5. The zero-order chi connectivity index (χ0) is 13.4. The highest BCUT2D eigenvalue weighted by atomic mass is 35.5. The van der Waals surface area contributed by atoms with Gasteiger partial charge in [0.15, 0.2) is 0 Å². The van der Waals surface area contributed by atoms with Crippen molar-refractivity contribution in [2.75, 3.05) is 0 Å². The number of rotatable bonds is 2. The standard InChI is InChI=1S/C14H9Cl2FN2/c15-9-2-1-8(11(17)6-9)5-14-18-12-4-3-10(16)7-13(12)19-14/h1-4,6-7H,5H2,(H,18,19). The summed E-state index contributed by atoms with van der Waals surface area (Å²) in [5.41, 5.74) is 2.21. The minimum atomic E-state index is -0.328. The Morgan fingerprint density at radius 2 is 1.79 bits per heavy atom. The fourth-order valence-electron chi connectivity index (χ4n) is 1.96. The molecule has 19 heavy (non-hydrogen) atoms. The number of H-pyrrole nitrogens is 1. The van der Waals surface area contributed by atoms with Gasteiger partial charge in [-0.2, -0.15) is 0 Å². The first-order valence-corrected chi connectivity index (χ1v) is 6.45. The molecule has 96 valence electrons. The van der Waals surface area contributed by atoms with E-state index in [0.717, 1.165) is 11.0 Å². The van der Waals surface area contributed by atoms with Crippen LogP contribution in [0.15, 0.2) is 36.4 Å². The average molecular weight is 295 g/mol. The van der Waals surface area contributed by atoms with Crippen LogP contribution in [0.25, 0.3) is 11.0 Å². The van der Waals surface area contributed by atoms with Gasteiger partial charge in [-0.3, -0.25) is 0 Å². The van der Waals surface area contributed by atoms with Crippen molar-refractivity contribution in [3.63, 3.8) is 0 Å². The summed E-state index contributed by atoms with van der Waals surface area (Å²) in [5, 5.41) is 1.03. The second-order valence-corrected chi connectivity index (χ2v) is 5.13. The third-order valence-corrected chi connectivity index (χ3v) is 3.34. The Kier molecular flexibility index (Phi) is 3.17. The fraction of sp³-hybridized carbons (Fsp3) is 0.0714. The second-order valence-electron chi connectivity index (χ2n) is 4.26. The molecule has 3 aromatic rings. The summed E-state index contributed by atoms with van der Waals surface area (Å²) in [4.78, 5) is 7.53. The van der Waals surface area contributed by atoms with Crippen LogP contribution >= 0.6 is 23.2 Å². The molecule has 0 saturated heterocycles. The van der Waals surface area contributed by atoms with Crippen LogP contribution in [0.2, 0.25) is 10.0 Å². The van der Waals surface area contributed by atoms with E-state index in [2.05, 4.69) is 9.97 Å². The highest BCUT2D eigenvalue weighted by molar-refractivity contribution is 6.31. The second kappa shape index (κ2) is 4.83. The maximum atomic E-state index is 13.7. The number of nitrogens with zero attached hydrogens (tertiary/aromatic N) is 1. The Labute approximate surface area is 119 Å². The number of aromatic amines is 1. The van der Waals surface area contributed by atoms with Crippen LogP contribution in [0.5, 0.6) is 0 Å². The Balaban J connectivity index is 1.96. The van der Waals surface area contributed by atoms with Gasteiger partial charge in [-0.15, -0.1) is 0 Å². The summed E-state index contributed by atoms with van der Waals surface area (Å²) in [5.74, 6) is 0.365. The summed E-state index contributed by atoms with van der Waals surface area (Å²) in [7, 11) is 0. The minimum absolute atomic E-state index is 0.328. The fourth-order valence-corrected chi connectivity index (χ4v) is 2.29. The SMILES string of the molecule is Fc1cc(Cl)ccc1Cc1nc2ccc(Cl)cc2[nH]1. The van der Waals surface area contributed by atoms with Gasteiger partial charge in [0, 0.05) is 16.5 Å². The number of fused-ring (bicyclic) bond motifs is 1. The maximum Gasteiger partial charge on any atom is 0.128 e. The zero-order valence-corrected chi connectivity index (χ0v) is 11.3. The molecule has 0 aliphatic rings. The van der Waals surface area contributed by atoms with Crippen LogP contribution < -0.4 is 0 Å². The predicted octanol–water partition coefficient (Wildman–Crippen LogP) is 4.60. The molecule has 0 aliphatic heterocycles. The van der Waals surface area contributed by atoms with Gasteiger partial charge in [0.05, 0.1) is 11.0 Å². The van der Waals surface area contributed by atoms with Gasteiger partial charge in [0.2, 0.25) is 0 Å². The van der Waals surface area contributed by atoms with E-state index >= 15 is 0 Å². The normalized spacial score (nSPS) is 11.1. The van der Waals surface area contributed by atoms with E-state index in [1.54, 1.807) is 24.3 Å². The third kappa shape index (κ3) is 2.57. The molecule has 2 nitrogen and oxygen atoms in total. The lowest BCUT2D eigenvalue weighted by Gasteiger charge is -2.00. The topological polar surface area (TPSA) is 28.7 Å². The lowest BCUT2D eigenvalue weighted by Crippen LogP contribution is -1.94. The first-order chi connectivity index (χ1) is 9.11. The molecule has 0 atom stereocenters. The van der Waals surface area contributed by atoms with Crippen LogP contribution in [0.4, 0.5) is 4.39 Å². The molecule has 2 aromatic carbocycles. The van der Waals surface area contributed by atoms with Crippen molar-refractivity contribution >= 4 is 34.2 Å². The van der Waals surface area contributed by atoms with Crippen molar-refractivity contribution in [2.24, 2.45) is 0 Å². The molecule has 3 rings (SSSR count). The zero-order valence-electron chi connectivity index (χ0n) is 9.75. The van der Waals surface area contributed by atoms with Gasteiger partial charge in [-0.1, -0.05) is 29.3 Å². The molecule has 1 heterocycles. The van der Waals surface area contributed by atoms with E-state index in [9.17, 15) is 4.39 Å². The number of hydrogen-bond acceptors (Lipinski definition) is 1. The number of imidazole rings is 1. The molecule has 0 fully saturated rings. The molecule has 0 saturated carbocycles. The molecule has 0 amide bonds. The van der Waals surface area contributed by atoms with Gasteiger partial charge in [-0.25, -0.2) is 9.37 Å². The van der Waals surface area contributed by atoms with E-state index in [0.29, 0.717) is 27.9 Å². The average Bonchev–Trinajstić information content (AvgIpc) is 2.74. The highest BCUT2D eigenvalue weighted by Gasteiger charge is 2.08. The summed E-state index contributed by atoms with van der Waals surface area (Å²) in [6, 6.07) is 10.0. The molecular formula is C14H9Cl2FN2. The molecule has 1 N–H and O–H groups in total. The molecule has 5 heteroatoms. The molecular weight excluding hydrogens is 286 g/mol. The molecule has 0 radical (unpaired) electrons. The Bertz CT molecular complexity index is 752. The molecule has 1 aromatic heterocycles. The van der Waals surface area contributed by atoms with Crippen molar-refractivity contribution in [2.45, 2.75) is 6.42 Å². The molecule has 0 bridgehead atoms. The van der Waals surface area contributed by atoms with Crippen molar-refractivity contribution < 1.29 is 4.39 Å². The number of halogens is 3. The van der Waals surface area contributed by atoms with Crippen molar-refractivity contribution in [3.8, 4) is 0 Å². The molecule has 0 aliphatic carbocycles. The van der Waals surface area contributed by atoms with E-state index in [1.807, 2.05) is 6.07 Å². The van der Waals surface area contributed by atoms with Gasteiger partial charge < -0.3 is 4.98 Å². The van der Waals surface area contributed by atoms with Gasteiger partial charge in [-0.05, 0) is 35.9 Å². The lowest BCUT2D eigenvalue weighted by molar-refractivity contribution is 0.612. The van der Waals surface area contributed by atoms with Crippen LogP contribution in [0.1, 0.15) is 11.4 Å². The molecule has 0 spiro atoms.